The lowest BCUT2D eigenvalue weighted by atomic mass is 9.87. The van der Waals surface area contributed by atoms with Crippen LogP contribution in [0.2, 0.25) is 0 Å². The zero-order valence-electron chi connectivity index (χ0n) is 23.3. The van der Waals surface area contributed by atoms with E-state index in [9.17, 15) is 0 Å². The molecule has 2 aromatic heterocycles. The van der Waals surface area contributed by atoms with Gasteiger partial charge in [0.1, 0.15) is 11.2 Å². The van der Waals surface area contributed by atoms with E-state index in [4.69, 9.17) is 9.40 Å². The van der Waals surface area contributed by atoms with Gasteiger partial charge >= 0.3 is 0 Å². The first-order chi connectivity index (χ1) is 21.3. The average Bonchev–Trinajstić information content (AvgIpc) is 3.44. The lowest BCUT2D eigenvalue weighted by molar-refractivity contribution is 0.669. The summed E-state index contributed by atoms with van der Waals surface area (Å²) in [5.74, 6) is 0. The predicted octanol–water partition coefficient (Wildman–Crippen LogP) is 11.4. The highest BCUT2D eigenvalue weighted by Crippen LogP contribution is 2.44. The van der Waals surface area contributed by atoms with Crippen LogP contribution in [0.3, 0.4) is 0 Å². The lowest BCUT2D eigenvalue weighted by Gasteiger charge is -2.17. The number of fused-ring (bicyclic) bond motifs is 6. The molecule has 0 radical (unpaired) electrons. The highest BCUT2D eigenvalue weighted by molar-refractivity contribution is 6.21. The Hall–Kier alpha value is -5.73. The van der Waals surface area contributed by atoms with Crippen LogP contribution in [-0.2, 0) is 0 Å². The van der Waals surface area contributed by atoms with E-state index in [2.05, 4.69) is 146 Å². The van der Waals surface area contributed by atoms with Crippen molar-refractivity contribution < 1.29 is 4.42 Å². The SMILES string of the molecule is c1ccc(-c2c3ccccc3c(-c3ccc(-c4cccc5oc6cc7ccccc7cc6c45)cn3)c3ccccc23)cc1. The first-order valence-corrected chi connectivity index (χ1v) is 14.6. The van der Waals surface area contributed by atoms with Crippen molar-refractivity contribution in [3.8, 4) is 33.5 Å². The summed E-state index contributed by atoms with van der Waals surface area (Å²) < 4.78 is 6.34. The predicted molar refractivity (Wildman–Crippen MR) is 180 cm³/mol. The van der Waals surface area contributed by atoms with Gasteiger partial charge in [0, 0.05) is 28.1 Å². The minimum atomic E-state index is 0.889. The van der Waals surface area contributed by atoms with E-state index in [1.165, 1.54) is 43.4 Å². The summed E-state index contributed by atoms with van der Waals surface area (Å²) in [6.45, 7) is 0. The van der Waals surface area contributed by atoms with Crippen LogP contribution in [0.1, 0.15) is 0 Å². The Balaban J connectivity index is 1.25. The third-order valence-electron chi connectivity index (χ3n) is 8.69. The van der Waals surface area contributed by atoms with Crippen LogP contribution in [0.15, 0.2) is 156 Å². The summed E-state index contributed by atoms with van der Waals surface area (Å²) in [7, 11) is 0. The number of hydrogen-bond acceptors (Lipinski definition) is 2. The summed E-state index contributed by atoms with van der Waals surface area (Å²) in [5.41, 5.74) is 8.60. The minimum Gasteiger partial charge on any atom is -0.456 e. The monoisotopic (exact) mass is 547 g/mol. The summed E-state index contributed by atoms with van der Waals surface area (Å²) >= 11 is 0. The zero-order valence-corrected chi connectivity index (χ0v) is 23.3. The second-order valence-electron chi connectivity index (χ2n) is 11.1. The number of nitrogens with zero attached hydrogens (tertiary/aromatic N) is 1. The largest absolute Gasteiger partial charge is 0.456 e. The molecule has 9 aromatic rings. The second kappa shape index (κ2) is 9.40. The Bertz CT molecular complexity index is 2430. The molecule has 0 saturated heterocycles. The van der Waals surface area contributed by atoms with Crippen molar-refractivity contribution in [1.82, 2.24) is 4.98 Å². The summed E-state index contributed by atoms with van der Waals surface area (Å²) in [4.78, 5) is 5.12. The van der Waals surface area contributed by atoms with E-state index in [0.29, 0.717) is 0 Å². The van der Waals surface area contributed by atoms with E-state index >= 15 is 0 Å². The number of benzene rings is 7. The molecule has 0 fully saturated rings. The van der Waals surface area contributed by atoms with Gasteiger partial charge in [-0.3, -0.25) is 4.98 Å². The fourth-order valence-corrected chi connectivity index (χ4v) is 6.77. The lowest BCUT2D eigenvalue weighted by Crippen LogP contribution is -1.92. The molecule has 43 heavy (non-hydrogen) atoms. The van der Waals surface area contributed by atoms with Crippen LogP contribution in [0.25, 0.3) is 87.8 Å². The smallest absolute Gasteiger partial charge is 0.136 e. The molecular weight excluding hydrogens is 522 g/mol. The van der Waals surface area contributed by atoms with Crippen LogP contribution in [0.5, 0.6) is 0 Å². The second-order valence-corrected chi connectivity index (χ2v) is 11.1. The standard InChI is InChI=1S/C41H25NO/c1-2-11-26(12-3-1)39-31-15-6-8-17-33(31)40(34-18-9-7-16-32(34)39)36-22-21-29(25-42-36)30-19-10-20-37-41(30)35-23-27-13-4-5-14-28(27)24-38(35)43-37/h1-25H. The first kappa shape index (κ1) is 23.9. The molecule has 0 N–H and O–H groups in total. The zero-order chi connectivity index (χ0) is 28.3. The van der Waals surface area contributed by atoms with Crippen LogP contribution < -0.4 is 0 Å². The number of hydrogen-bond donors (Lipinski definition) is 0. The van der Waals surface area contributed by atoms with Crippen molar-refractivity contribution >= 4 is 54.3 Å². The van der Waals surface area contributed by atoms with Gasteiger partial charge in [-0.05, 0) is 73.3 Å². The third-order valence-corrected chi connectivity index (χ3v) is 8.69. The van der Waals surface area contributed by atoms with E-state index in [-0.39, 0.29) is 0 Å². The highest BCUT2D eigenvalue weighted by Gasteiger charge is 2.18. The molecule has 0 aliphatic carbocycles. The Morgan fingerprint density at radius 3 is 1.72 bits per heavy atom. The van der Waals surface area contributed by atoms with Crippen molar-refractivity contribution in [2.75, 3.05) is 0 Å². The number of aromatic nitrogens is 1. The van der Waals surface area contributed by atoms with Crippen LogP contribution in [-0.4, -0.2) is 4.98 Å². The molecule has 0 aliphatic heterocycles. The maximum atomic E-state index is 6.34. The first-order valence-electron chi connectivity index (χ1n) is 14.6. The van der Waals surface area contributed by atoms with Gasteiger partial charge < -0.3 is 4.42 Å². The average molecular weight is 548 g/mol. The Morgan fingerprint density at radius 1 is 0.419 bits per heavy atom. The summed E-state index contributed by atoms with van der Waals surface area (Å²) in [5, 5.41) is 9.51. The van der Waals surface area contributed by atoms with E-state index < -0.39 is 0 Å². The van der Waals surface area contributed by atoms with Gasteiger partial charge in [0.25, 0.3) is 0 Å². The highest BCUT2D eigenvalue weighted by atomic mass is 16.3. The van der Waals surface area contributed by atoms with Gasteiger partial charge in [0.15, 0.2) is 0 Å². The number of pyridine rings is 1. The van der Waals surface area contributed by atoms with Crippen molar-refractivity contribution in [3.05, 3.63) is 152 Å². The molecule has 0 aliphatic rings. The molecule has 2 heteroatoms. The number of rotatable bonds is 3. The molecule has 200 valence electrons. The van der Waals surface area contributed by atoms with Gasteiger partial charge in [0.2, 0.25) is 0 Å². The third kappa shape index (κ3) is 3.70. The van der Waals surface area contributed by atoms with E-state index in [0.717, 1.165) is 44.3 Å². The fourth-order valence-electron chi connectivity index (χ4n) is 6.77. The quantitative estimate of drug-likeness (QED) is 0.206. The van der Waals surface area contributed by atoms with Gasteiger partial charge in [-0.1, -0.05) is 121 Å². The van der Waals surface area contributed by atoms with E-state index in [1.807, 2.05) is 6.20 Å². The molecule has 0 spiro atoms. The Kier molecular flexibility index (Phi) is 5.23. The van der Waals surface area contributed by atoms with Gasteiger partial charge in [-0.15, -0.1) is 0 Å². The minimum absolute atomic E-state index is 0.889. The van der Waals surface area contributed by atoms with Crippen molar-refractivity contribution in [2.45, 2.75) is 0 Å². The van der Waals surface area contributed by atoms with Crippen molar-refractivity contribution in [1.29, 1.82) is 0 Å². The molecule has 0 amide bonds. The maximum Gasteiger partial charge on any atom is 0.136 e. The normalized spacial score (nSPS) is 11.7. The maximum absolute atomic E-state index is 6.34. The molecule has 0 atom stereocenters. The fraction of sp³-hybridized carbons (Fsp3) is 0. The molecule has 2 nitrogen and oxygen atoms in total. The van der Waals surface area contributed by atoms with Crippen LogP contribution in [0.4, 0.5) is 0 Å². The Labute approximate surface area is 248 Å². The molecule has 0 bridgehead atoms. The number of furan rings is 1. The molecule has 7 aromatic carbocycles. The molecule has 2 heterocycles. The van der Waals surface area contributed by atoms with Crippen LogP contribution in [0, 0.1) is 0 Å². The van der Waals surface area contributed by atoms with Gasteiger partial charge in [0.05, 0.1) is 5.69 Å². The van der Waals surface area contributed by atoms with E-state index in [1.54, 1.807) is 0 Å². The summed E-state index contributed by atoms with van der Waals surface area (Å²) in [6, 6.07) is 51.6. The molecular formula is C41H25NO. The van der Waals surface area contributed by atoms with Gasteiger partial charge in [-0.2, -0.15) is 0 Å². The topological polar surface area (TPSA) is 26.0 Å². The van der Waals surface area contributed by atoms with Crippen molar-refractivity contribution in [2.24, 2.45) is 0 Å². The molecule has 0 saturated carbocycles. The van der Waals surface area contributed by atoms with Crippen molar-refractivity contribution in [3.63, 3.8) is 0 Å². The van der Waals surface area contributed by atoms with Crippen LogP contribution >= 0.6 is 0 Å². The molecule has 9 rings (SSSR count). The summed E-state index contributed by atoms with van der Waals surface area (Å²) in [6.07, 6.45) is 2.01. The van der Waals surface area contributed by atoms with Gasteiger partial charge in [-0.25, -0.2) is 0 Å². The molecule has 0 unspecified atom stereocenters. The Morgan fingerprint density at radius 2 is 1.05 bits per heavy atom.